The Labute approximate surface area is 132 Å². The third-order valence-electron chi connectivity index (χ3n) is 3.05. The first-order chi connectivity index (χ1) is 10.2. The molecule has 0 fully saturated rings. The maximum atomic E-state index is 11.9. The summed E-state index contributed by atoms with van der Waals surface area (Å²) in [5.74, 6) is 0. The molecule has 0 aliphatic rings. The number of nitrogens with zero attached hydrogens (tertiary/aromatic N) is 1. The molecule has 2 N–H and O–H groups in total. The summed E-state index contributed by atoms with van der Waals surface area (Å²) in [6.45, 7) is 6.19. The fourth-order valence-corrected chi connectivity index (χ4v) is 2.90. The molecule has 0 aliphatic heterocycles. The number of urea groups is 1. The molecule has 6 nitrogen and oxygen atoms in total. The second kappa shape index (κ2) is 8.03. The van der Waals surface area contributed by atoms with Crippen molar-refractivity contribution < 1.29 is 13.2 Å². The van der Waals surface area contributed by atoms with Crippen molar-refractivity contribution >= 4 is 21.7 Å². The number of anilines is 1. The second-order valence-corrected chi connectivity index (χ2v) is 7.32. The molecule has 0 bridgehead atoms. The molecule has 0 heterocycles. The van der Waals surface area contributed by atoms with Crippen LogP contribution in [0.2, 0.25) is 0 Å². The molecule has 2 amide bonds. The van der Waals surface area contributed by atoms with Crippen LogP contribution in [0.15, 0.2) is 24.3 Å². The lowest BCUT2D eigenvalue weighted by molar-refractivity contribution is 0.239. The Kier molecular flexibility index (Phi) is 6.67. The van der Waals surface area contributed by atoms with Crippen molar-refractivity contribution in [1.29, 1.82) is 0 Å². The van der Waals surface area contributed by atoms with Crippen molar-refractivity contribution in [2.75, 3.05) is 23.7 Å². The molecule has 0 unspecified atom stereocenters. The summed E-state index contributed by atoms with van der Waals surface area (Å²) >= 11 is 0. The van der Waals surface area contributed by atoms with Gasteiger partial charge in [0.15, 0.2) is 0 Å². The van der Waals surface area contributed by atoms with Crippen molar-refractivity contribution in [1.82, 2.24) is 10.6 Å². The first kappa shape index (κ1) is 18.3. The van der Waals surface area contributed by atoms with Gasteiger partial charge in [0.2, 0.25) is 10.0 Å². The van der Waals surface area contributed by atoms with Gasteiger partial charge in [-0.15, -0.1) is 0 Å². The van der Waals surface area contributed by atoms with Gasteiger partial charge in [0.05, 0.1) is 18.5 Å². The molecule has 1 aromatic carbocycles. The van der Waals surface area contributed by atoms with E-state index in [1.807, 2.05) is 32.9 Å². The predicted octanol–water partition coefficient (Wildman–Crippen LogP) is 1.72. The third-order valence-corrected chi connectivity index (χ3v) is 4.25. The van der Waals surface area contributed by atoms with Crippen molar-refractivity contribution in [2.45, 2.75) is 33.2 Å². The molecule has 22 heavy (non-hydrogen) atoms. The van der Waals surface area contributed by atoms with E-state index in [2.05, 4.69) is 10.6 Å². The van der Waals surface area contributed by atoms with Crippen LogP contribution in [0.5, 0.6) is 0 Å². The SMILES string of the molecule is CCc1ccc(N(CCNC(=O)NC(C)C)S(C)(=O)=O)cc1. The standard InChI is InChI=1S/C15H25N3O3S/c1-5-13-6-8-14(9-7-13)18(22(4,20)21)11-10-16-15(19)17-12(2)3/h6-9,12H,5,10-11H2,1-4H3,(H2,16,17,19). The Hall–Kier alpha value is -1.76. The second-order valence-electron chi connectivity index (χ2n) is 5.41. The normalized spacial score (nSPS) is 11.3. The zero-order valence-electron chi connectivity index (χ0n) is 13.6. The summed E-state index contributed by atoms with van der Waals surface area (Å²) in [5, 5.41) is 5.34. The van der Waals surface area contributed by atoms with Crippen LogP contribution in [0, 0.1) is 0 Å². The van der Waals surface area contributed by atoms with Crippen LogP contribution in [0.25, 0.3) is 0 Å². The van der Waals surface area contributed by atoms with E-state index in [0.717, 1.165) is 18.2 Å². The number of aryl methyl sites for hydroxylation is 1. The minimum Gasteiger partial charge on any atom is -0.336 e. The molecule has 0 aliphatic carbocycles. The van der Waals surface area contributed by atoms with Gasteiger partial charge in [-0.2, -0.15) is 0 Å². The molecule has 1 rings (SSSR count). The summed E-state index contributed by atoms with van der Waals surface area (Å²) in [7, 11) is -3.40. The van der Waals surface area contributed by atoms with Crippen LogP contribution in [0.3, 0.4) is 0 Å². The molecule has 1 aromatic rings. The summed E-state index contributed by atoms with van der Waals surface area (Å²) < 4.78 is 25.2. The highest BCUT2D eigenvalue weighted by Crippen LogP contribution is 2.18. The number of carbonyl (C=O) groups is 1. The highest BCUT2D eigenvalue weighted by Gasteiger charge is 2.17. The van der Waals surface area contributed by atoms with Crippen LogP contribution >= 0.6 is 0 Å². The molecular weight excluding hydrogens is 302 g/mol. The Morgan fingerprint density at radius 3 is 2.27 bits per heavy atom. The van der Waals surface area contributed by atoms with E-state index < -0.39 is 10.0 Å². The monoisotopic (exact) mass is 327 g/mol. The van der Waals surface area contributed by atoms with Gasteiger partial charge in [0.25, 0.3) is 0 Å². The van der Waals surface area contributed by atoms with Gasteiger partial charge in [0.1, 0.15) is 0 Å². The van der Waals surface area contributed by atoms with Gasteiger partial charge in [-0.3, -0.25) is 4.31 Å². The summed E-state index contributed by atoms with van der Waals surface area (Å²) in [6, 6.07) is 7.12. The fraction of sp³-hybridized carbons (Fsp3) is 0.533. The van der Waals surface area contributed by atoms with E-state index in [4.69, 9.17) is 0 Å². The number of amides is 2. The van der Waals surface area contributed by atoms with E-state index in [1.54, 1.807) is 12.1 Å². The van der Waals surface area contributed by atoms with Gasteiger partial charge in [-0.1, -0.05) is 19.1 Å². The molecule has 0 saturated carbocycles. The lowest BCUT2D eigenvalue weighted by atomic mass is 10.1. The average molecular weight is 327 g/mol. The minimum atomic E-state index is -3.40. The predicted molar refractivity (Wildman–Crippen MR) is 89.7 cm³/mol. The number of carbonyl (C=O) groups excluding carboxylic acids is 1. The zero-order chi connectivity index (χ0) is 16.8. The molecular formula is C15H25N3O3S. The zero-order valence-corrected chi connectivity index (χ0v) is 14.4. The first-order valence-corrected chi connectivity index (χ1v) is 9.20. The summed E-state index contributed by atoms with van der Waals surface area (Å²) in [6.07, 6.45) is 2.06. The smallest absolute Gasteiger partial charge is 0.315 e. The maximum absolute atomic E-state index is 11.9. The number of hydrogen-bond acceptors (Lipinski definition) is 3. The average Bonchev–Trinajstić information content (AvgIpc) is 2.42. The van der Waals surface area contributed by atoms with E-state index >= 15 is 0 Å². The summed E-state index contributed by atoms with van der Waals surface area (Å²) in [4.78, 5) is 11.5. The van der Waals surface area contributed by atoms with E-state index in [9.17, 15) is 13.2 Å². The Morgan fingerprint density at radius 1 is 1.23 bits per heavy atom. The minimum absolute atomic E-state index is 0.0348. The van der Waals surface area contributed by atoms with Gasteiger partial charge >= 0.3 is 6.03 Å². The number of rotatable bonds is 7. The topological polar surface area (TPSA) is 78.5 Å². The first-order valence-electron chi connectivity index (χ1n) is 7.35. The van der Waals surface area contributed by atoms with E-state index in [0.29, 0.717) is 5.69 Å². The Balaban J connectivity index is 2.72. The van der Waals surface area contributed by atoms with Crippen LogP contribution in [-0.4, -0.2) is 39.8 Å². The molecule has 0 atom stereocenters. The van der Waals surface area contributed by atoms with Gasteiger partial charge in [-0.05, 0) is 38.0 Å². The van der Waals surface area contributed by atoms with Crippen molar-refractivity contribution in [3.8, 4) is 0 Å². The Bertz CT molecular complexity index is 583. The lowest BCUT2D eigenvalue weighted by Gasteiger charge is -2.23. The van der Waals surface area contributed by atoms with Crippen LogP contribution in [0.1, 0.15) is 26.3 Å². The quantitative estimate of drug-likeness (QED) is 0.800. The van der Waals surface area contributed by atoms with Crippen LogP contribution in [0.4, 0.5) is 10.5 Å². The van der Waals surface area contributed by atoms with Gasteiger partial charge in [0, 0.05) is 12.6 Å². The molecule has 0 spiro atoms. The highest BCUT2D eigenvalue weighted by atomic mass is 32.2. The number of sulfonamides is 1. The van der Waals surface area contributed by atoms with E-state index in [1.165, 1.54) is 4.31 Å². The summed E-state index contributed by atoms with van der Waals surface area (Å²) in [5.41, 5.74) is 1.75. The van der Waals surface area contributed by atoms with Crippen LogP contribution < -0.4 is 14.9 Å². The molecule has 0 saturated heterocycles. The fourth-order valence-electron chi connectivity index (χ4n) is 1.97. The molecule has 124 valence electrons. The largest absolute Gasteiger partial charge is 0.336 e. The molecule has 0 aromatic heterocycles. The van der Waals surface area contributed by atoms with Crippen molar-refractivity contribution in [3.63, 3.8) is 0 Å². The number of nitrogens with one attached hydrogen (secondary N) is 2. The highest BCUT2D eigenvalue weighted by molar-refractivity contribution is 7.92. The Morgan fingerprint density at radius 2 is 1.82 bits per heavy atom. The van der Waals surface area contributed by atoms with Crippen LogP contribution in [-0.2, 0) is 16.4 Å². The van der Waals surface area contributed by atoms with Crippen molar-refractivity contribution in [2.24, 2.45) is 0 Å². The van der Waals surface area contributed by atoms with E-state index in [-0.39, 0.29) is 25.2 Å². The maximum Gasteiger partial charge on any atom is 0.315 e. The molecule has 0 radical (unpaired) electrons. The van der Waals surface area contributed by atoms with Gasteiger partial charge in [-0.25, -0.2) is 13.2 Å². The lowest BCUT2D eigenvalue weighted by Crippen LogP contribution is -2.43. The van der Waals surface area contributed by atoms with Gasteiger partial charge < -0.3 is 10.6 Å². The number of hydrogen-bond donors (Lipinski definition) is 2. The third kappa shape index (κ3) is 5.93. The number of benzene rings is 1. The molecule has 7 heteroatoms. The van der Waals surface area contributed by atoms with Crippen molar-refractivity contribution in [3.05, 3.63) is 29.8 Å².